The highest BCUT2D eigenvalue weighted by Crippen LogP contribution is 2.35. The first-order valence-corrected chi connectivity index (χ1v) is 9.50. The number of carbonyl (C=O) groups excluding carboxylic acids is 1. The summed E-state index contributed by atoms with van der Waals surface area (Å²) in [4.78, 5) is 23.1. The Bertz CT molecular complexity index is 978. The first kappa shape index (κ1) is 22.3. The van der Waals surface area contributed by atoms with Crippen LogP contribution in [0, 0.1) is 11.3 Å². The molecule has 0 saturated carbocycles. The van der Waals surface area contributed by atoms with Gasteiger partial charge in [0.25, 0.3) is 5.91 Å². The highest BCUT2D eigenvalue weighted by molar-refractivity contribution is 9.10. The van der Waals surface area contributed by atoms with Crippen LogP contribution in [0.5, 0.6) is 11.5 Å². The van der Waals surface area contributed by atoms with Crippen molar-refractivity contribution in [3.05, 3.63) is 57.0 Å². The molecule has 0 heterocycles. The summed E-state index contributed by atoms with van der Waals surface area (Å²) in [5, 5.41) is 20.9. The van der Waals surface area contributed by atoms with Crippen molar-refractivity contribution < 1.29 is 24.2 Å². The van der Waals surface area contributed by atoms with Gasteiger partial charge in [0.2, 0.25) is 0 Å². The van der Waals surface area contributed by atoms with Gasteiger partial charge in [-0.2, -0.15) is 5.26 Å². The third-order valence-corrected chi connectivity index (χ3v) is 4.31. The number of carboxylic acid groups (broad SMARTS) is 1. The van der Waals surface area contributed by atoms with Gasteiger partial charge in [0.15, 0.2) is 12.4 Å². The standard InChI is InChI=1S/C20H16BrClN2O5/c1-2-28-15-5-3-4-14(9-15)24-20(27)13(10-23)6-12-7-16(21)19(17(22)8-12)29-11-18(25)26/h3-9H,2,11H2,1H3,(H,24,27)(H,25,26). The van der Waals surface area contributed by atoms with Crippen molar-refractivity contribution in [2.45, 2.75) is 6.92 Å². The fraction of sp³-hybridized carbons (Fsp3) is 0.150. The molecule has 0 atom stereocenters. The minimum absolute atomic E-state index is 0.133. The molecule has 1 amide bonds. The summed E-state index contributed by atoms with van der Waals surface area (Å²) < 4.78 is 10.9. The monoisotopic (exact) mass is 478 g/mol. The highest BCUT2D eigenvalue weighted by atomic mass is 79.9. The minimum atomic E-state index is -1.14. The van der Waals surface area contributed by atoms with E-state index in [-0.39, 0.29) is 16.3 Å². The molecular formula is C20H16BrClN2O5. The number of nitriles is 1. The molecule has 2 aromatic rings. The smallest absolute Gasteiger partial charge is 0.341 e. The number of aliphatic carboxylic acids is 1. The molecule has 150 valence electrons. The van der Waals surface area contributed by atoms with Crippen molar-refractivity contribution in [1.29, 1.82) is 5.26 Å². The van der Waals surface area contributed by atoms with E-state index in [1.165, 1.54) is 12.1 Å². The van der Waals surface area contributed by atoms with E-state index in [9.17, 15) is 14.9 Å². The van der Waals surface area contributed by atoms with Gasteiger partial charge in [-0.3, -0.25) is 4.79 Å². The molecule has 2 aromatic carbocycles. The van der Waals surface area contributed by atoms with Crippen LogP contribution in [-0.4, -0.2) is 30.2 Å². The minimum Gasteiger partial charge on any atom is -0.494 e. The van der Waals surface area contributed by atoms with E-state index in [1.54, 1.807) is 30.3 Å². The van der Waals surface area contributed by atoms with Gasteiger partial charge in [0.05, 0.1) is 16.1 Å². The Kier molecular flexibility index (Phi) is 8.07. The molecule has 0 saturated heterocycles. The number of carboxylic acids is 1. The number of ether oxygens (including phenoxy) is 2. The van der Waals surface area contributed by atoms with E-state index in [2.05, 4.69) is 21.2 Å². The second-order valence-electron chi connectivity index (χ2n) is 5.58. The second-order valence-corrected chi connectivity index (χ2v) is 6.84. The molecule has 0 aliphatic carbocycles. The Balaban J connectivity index is 2.22. The predicted octanol–water partition coefficient (Wildman–Crippen LogP) is 4.51. The van der Waals surface area contributed by atoms with Crippen LogP contribution in [0.2, 0.25) is 5.02 Å². The zero-order valence-electron chi connectivity index (χ0n) is 15.2. The van der Waals surface area contributed by atoms with E-state index in [4.69, 9.17) is 26.2 Å². The maximum Gasteiger partial charge on any atom is 0.341 e. The molecule has 2 N–H and O–H groups in total. The first-order valence-electron chi connectivity index (χ1n) is 8.33. The van der Waals surface area contributed by atoms with Crippen molar-refractivity contribution in [1.82, 2.24) is 0 Å². The SMILES string of the molecule is CCOc1cccc(NC(=O)C(C#N)=Cc2cc(Cl)c(OCC(=O)O)c(Br)c2)c1. The zero-order valence-corrected chi connectivity index (χ0v) is 17.6. The second kappa shape index (κ2) is 10.5. The molecule has 0 fully saturated rings. The number of amides is 1. The molecule has 0 aliphatic heterocycles. The van der Waals surface area contributed by atoms with Crippen LogP contribution in [0.25, 0.3) is 6.08 Å². The summed E-state index contributed by atoms with van der Waals surface area (Å²) in [6, 6.07) is 11.7. The van der Waals surface area contributed by atoms with Crippen LogP contribution in [0.1, 0.15) is 12.5 Å². The van der Waals surface area contributed by atoms with Crippen molar-refractivity contribution in [2.24, 2.45) is 0 Å². The summed E-state index contributed by atoms with van der Waals surface area (Å²) >= 11 is 9.37. The van der Waals surface area contributed by atoms with Crippen LogP contribution in [0.15, 0.2) is 46.4 Å². The molecule has 9 heteroatoms. The molecule has 0 spiro atoms. The maximum absolute atomic E-state index is 12.5. The van der Waals surface area contributed by atoms with Crippen LogP contribution < -0.4 is 14.8 Å². The quantitative estimate of drug-likeness (QED) is 0.426. The third-order valence-electron chi connectivity index (χ3n) is 3.44. The van der Waals surface area contributed by atoms with Gasteiger partial charge in [-0.25, -0.2) is 4.79 Å². The van der Waals surface area contributed by atoms with Gasteiger partial charge in [-0.05, 0) is 58.8 Å². The molecule has 0 bridgehead atoms. The van der Waals surface area contributed by atoms with Crippen molar-refractivity contribution in [3.8, 4) is 17.6 Å². The lowest BCUT2D eigenvalue weighted by molar-refractivity contribution is -0.139. The number of anilines is 1. The Hall–Kier alpha value is -3.02. The van der Waals surface area contributed by atoms with Crippen LogP contribution in [0.4, 0.5) is 5.69 Å². The predicted molar refractivity (Wildman–Crippen MR) is 112 cm³/mol. The first-order chi connectivity index (χ1) is 13.8. The maximum atomic E-state index is 12.5. The van der Waals surface area contributed by atoms with Crippen molar-refractivity contribution in [2.75, 3.05) is 18.5 Å². The number of nitrogens with one attached hydrogen (secondary N) is 1. The summed E-state index contributed by atoms with van der Waals surface area (Å²) in [6.07, 6.45) is 1.36. The van der Waals surface area contributed by atoms with E-state index >= 15 is 0 Å². The van der Waals surface area contributed by atoms with E-state index in [0.717, 1.165) is 0 Å². The molecule has 0 radical (unpaired) electrons. The summed E-state index contributed by atoms with van der Waals surface area (Å²) in [7, 11) is 0. The number of carbonyl (C=O) groups is 2. The van der Waals surface area contributed by atoms with Gasteiger partial charge in [-0.15, -0.1) is 0 Å². The van der Waals surface area contributed by atoms with Gasteiger partial charge < -0.3 is 19.9 Å². The topological polar surface area (TPSA) is 109 Å². The lowest BCUT2D eigenvalue weighted by Gasteiger charge is -2.10. The van der Waals surface area contributed by atoms with Crippen LogP contribution >= 0.6 is 27.5 Å². The number of halogens is 2. The number of nitrogens with zero attached hydrogens (tertiary/aromatic N) is 1. The highest BCUT2D eigenvalue weighted by Gasteiger charge is 2.14. The van der Waals surface area contributed by atoms with E-state index < -0.39 is 18.5 Å². The normalized spacial score (nSPS) is 10.8. The molecule has 7 nitrogen and oxygen atoms in total. The zero-order chi connectivity index (χ0) is 21.4. The van der Waals surface area contributed by atoms with Gasteiger partial charge in [-0.1, -0.05) is 17.7 Å². The molecule has 29 heavy (non-hydrogen) atoms. The van der Waals surface area contributed by atoms with Crippen LogP contribution in [-0.2, 0) is 9.59 Å². The lowest BCUT2D eigenvalue weighted by atomic mass is 10.1. The van der Waals surface area contributed by atoms with Crippen molar-refractivity contribution in [3.63, 3.8) is 0 Å². The van der Waals surface area contributed by atoms with E-state index in [1.807, 2.05) is 13.0 Å². The molecule has 0 aliphatic rings. The number of rotatable bonds is 8. The fourth-order valence-corrected chi connectivity index (χ4v) is 3.27. The third kappa shape index (κ3) is 6.52. The van der Waals surface area contributed by atoms with Crippen LogP contribution in [0.3, 0.4) is 0 Å². The Morgan fingerprint density at radius 2 is 2.07 bits per heavy atom. The Morgan fingerprint density at radius 3 is 2.69 bits per heavy atom. The van der Waals surface area contributed by atoms with Gasteiger partial charge in [0.1, 0.15) is 17.4 Å². The molecule has 2 rings (SSSR count). The van der Waals surface area contributed by atoms with Gasteiger partial charge >= 0.3 is 5.97 Å². The fourth-order valence-electron chi connectivity index (χ4n) is 2.28. The Labute approximate surface area is 180 Å². The van der Waals surface area contributed by atoms with Gasteiger partial charge in [0, 0.05) is 11.8 Å². The summed E-state index contributed by atoms with van der Waals surface area (Å²) in [5.41, 5.74) is 0.798. The molecular weight excluding hydrogens is 464 g/mol. The molecule has 0 unspecified atom stereocenters. The van der Waals surface area contributed by atoms with E-state index in [0.29, 0.717) is 28.1 Å². The number of hydrogen-bond acceptors (Lipinski definition) is 5. The summed E-state index contributed by atoms with van der Waals surface area (Å²) in [5.74, 6) is -0.990. The Morgan fingerprint density at radius 1 is 1.31 bits per heavy atom. The number of benzene rings is 2. The molecule has 0 aromatic heterocycles. The average molecular weight is 480 g/mol. The average Bonchev–Trinajstić information content (AvgIpc) is 2.65. The largest absolute Gasteiger partial charge is 0.494 e. The number of hydrogen-bond donors (Lipinski definition) is 2. The summed E-state index contributed by atoms with van der Waals surface area (Å²) in [6.45, 7) is 1.78. The van der Waals surface area contributed by atoms with Crippen molar-refractivity contribution >= 4 is 51.2 Å². The lowest BCUT2D eigenvalue weighted by Crippen LogP contribution is -2.13.